The van der Waals surface area contributed by atoms with Gasteiger partial charge in [-0.15, -0.1) is 0 Å². The number of hydrogen-bond donors (Lipinski definition) is 1. The highest BCUT2D eigenvalue weighted by molar-refractivity contribution is 5.67. The third-order valence-corrected chi connectivity index (χ3v) is 6.88. The van der Waals surface area contributed by atoms with Gasteiger partial charge in [-0.05, 0) is 67.1 Å². The first-order valence-corrected chi connectivity index (χ1v) is 11.4. The van der Waals surface area contributed by atoms with E-state index in [2.05, 4.69) is 41.5 Å². The number of hydrogen-bond acceptors (Lipinski definition) is 3. The largest absolute Gasteiger partial charge is 0.481 e. The van der Waals surface area contributed by atoms with E-state index < -0.39 is 5.97 Å². The minimum atomic E-state index is -0.630. The summed E-state index contributed by atoms with van der Waals surface area (Å²) in [6, 6.07) is 0. The third kappa shape index (κ3) is 8.53. The Labute approximate surface area is 172 Å². The highest BCUT2D eigenvalue weighted by atomic mass is 16.5. The van der Waals surface area contributed by atoms with Crippen LogP contribution in [-0.4, -0.2) is 23.1 Å². The minimum absolute atomic E-state index is 0.130. The predicted molar refractivity (Wildman–Crippen MR) is 114 cm³/mol. The number of carbonyl (C=O) groups excluding carboxylic acids is 1. The second kappa shape index (κ2) is 11.8. The molecule has 0 amide bonds. The zero-order valence-electron chi connectivity index (χ0n) is 19.2. The molecule has 164 valence electrons. The van der Waals surface area contributed by atoms with Gasteiger partial charge < -0.3 is 9.84 Å². The number of aliphatic carboxylic acids is 1. The van der Waals surface area contributed by atoms with Crippen molar-refractivity contribution in [2.45, 2.75) is 99.5 Å². The SMILES string of the molecule is CC(=O)OC1CC(C)CCC1C(C)C.CC(C)[C@@H]1CC[C@@H](C)C[C@@H]1CC(=O)O. The molecule has 2 fully saturated rings. The molecular weight excluding hydrogens is 352 g/mol. The summed E-state index contributed by atoms with van der Waals surface area (Å²) in [4.78, 5) is 21.7. The topological polar surface area (TPSA) is 63.6 Å². The number of carbonyl (C=O) groups is 2. The van der Waals surface area contributed by atoms with Crippen molar-refractivity contribution in [2.24, 2.45) is 41.4 Å². The van der Waals surface area contributed by atoms with Gasteiger partial charge in [-0.3, -0.25) is 9.59 Å². The van der Waals surface area contributed by atoms with Gasteiger partial charge in [-0.25, -0.2) is 0 Å². The quantitative estimate of drug-likeness (QED) is 0.564. The van der Waals surface area contributed by atoms with E-state index in [9.17, 15) is 9.59 Å². The van der Waals surface area contributed by atoms with Gasteiger partial charge in [0.1, 0.15) is 6.10 Å². The molecule has 6 atom stereocenters. The highest BCUT2D eigenvalue weighted by Gasteiger charge is 2.33. The van der Waals surface area contributed by atoms with Gasteiger partial charge in [0.15, 0.2) is 0 Å². The maximum Gasteiger partial charge on any atom is 0.303 e. The number of carboxylic acid groups (broad SMARTS) is 1. The maximum absolute atomic E-state index is 11.0. The van der Waals surface area contributed by atoms with Crippen LogP contribution in [0.1, 0.15) is 93.4 Å². The second-order valence-electron chi connectivity index (χ2n) is 10.2. The van der Waals surface area contributed by atoms with Crippen LogP contribution in [-0.2, 0) is 14.3 Å². The Morgan fingerprint density at radius 2 is 1.39 bits per heavy atom. The lowest BCUT2D eigenvalue weighted by Gasteiger charge is -2.36. The molecule has 2 aliphatic rings. The summed E-state index contributed by atoms with van der Waals surface area (Å²) in [6.45, 7) is 14.9. The molecule has 3 unspecified atom stereocenters. The molecule has 0 aromatic carbocycles. The lowest BCUT2D eigenvalue weighted by atomic mass is 9.69. The first-order chi connectivity index (χ1) is 13.0. The van der Waals surface area contributed by atoms with Crippen LogP contribution in [0.15, 0.2) is 0 Å². The summed E-state index contributed by atoms with van der Waals surface area (Å²) < 4.78 is 5.40. The fourth-order valence-corrected chi connectivity index (χ4v) is 5.32. The molecule has 0 spiro atoms. The summed E-state index contributed by atoms with van der Waals surface area (Å²) >= 11 is 0. The van der Waals surface area contributed by atoms with Gasteiger partial charge in [0.25, 0.3) is 0 Å². The second-order valence-corrected chi connectivity index (χ2v) is 10.2. The van der Waals surface area contributed by atoms with Gasteiger partial charge in [0.2, 0.25) is 0 Å². The zero-order chi connectivity index (χ0) is 21.4. The number of carboxylic acids is 1. The number of ether oxygens (including phenoxy) is 1. The lowest BCUT2D eigenvalue weighted by Crippen LogP contribution is -2.35. The molecule has 28 heavy (non-hydrogen) atoms. The highest BCUT2D eigenvalue weighted by Crippen LogP contribution is 2.39. The van der Waals surface area contributed by atoms with E-state index >= 15 is 0 Å². The molecule has 2 aliphatic carbocycles. The lowest BCUT2D eigenvalue weighted by molar-refractivity contribution is -0.153. The van der Waals surface area contributed by atoms with Crippen molar-refractivity contribution in [3.63, 3.8) is 0 Å². The molecule has 4 heteroatoms. The standard InChI is InChI=1S/2C12H22O2/c1-8(2)11-6-5-9(3)7-12(11)14-10(4)13;1-8(2)11-5-4-9(3)6-10(11)7-12(13)14/h8-9,11-12H,5-7H2,1-4H3;8-11H,4-7H2,1-3H3,(H,13,14)/t;9-,10-,11+/m.1/s1. The Kier molecular flexibility index (Phi) is 10.5. The van der Waals surface area contributed by atoms with Gasteiger partial charge in [0.05, 0.1) is 0 Å². The van der Waals surface area contributed by atoms with Crippen LogP contribution in [0.25, 0.3) is 0 Å². The van der Waals surface area contributed by atoms with E-state index in [1.54, 1.807) is 0 Å². The molecule has 0 aromatic rings. The summed E-state index contributed by atoms with van der Waals surface area (Å²) in [5.74, 6) is 3.51. The van der Waals surface area contributed by atoms with Crippen LogP contribution < -0.4 is 0 Å². The first-order valence-electron chi connectivity index (χ1n) is 11.4. The molecule has 1 N–H and O–H groups in total. The Morgan fingerprint density at radius 3 is 1.86 bits per heavy atom. The van der Waals surface area contributed by atoms with Crippen LogP contribution in [0.4, 0.5) is 0 Å². The molecule has 0 aliphatic heterocycles. The molecule has 0 saturated heterocycles. The van der Waals surface area contributed by atoms with E-state index in [4.69, 9.17) is 9.84 Å². The molecule has 4 nitrogen and oxygen atoms in total. The van der Waals surface area contributed by atoms with Crippen molar-refractivity contribution < 1.29 is 19.4 Å². The van der Waals surface area contributed by atoms with E-state index in [1.165, 1.54) is 32.6 Å². The Morgan fingerprint density at radius 1 is 0.893 bits per heavy atom. The Bertz CT molecular complexity index is 441. The zero-order valence-corrected chi connectivity index (χ0v) is 19.2. The fourth-order valence-electron chi connectivity index (χ4n) is 5.32. The van der Waals surface area contributed by atoms with Crippen molar-refractivity contribution in [3.8, 4) is 0 Å². The summed E-state index contributed by atoms with van der Waals surface area (Å²) in [5, 5.41) is 8.85. The Balaban J connectivity index is 0.000000280. The van der Waals surface area contributed by atoms with Gasteiger partial charge >= 0.3 is 11.9 Å². The van der Waals surface area contributed by atoms with Crippen molar-refractivity contribution in [2.75, 3.05) is 0 Å². The van der Waals surface area contributed by atoms with Crippen molar-refractivity contribution in [1.82, 2.24) is 0 Å². The summed E-state index contributed by atoms with van der Waals surface area (Å²) in [5.41, 5.74) is 0. The molecule has 2 saturated carbocycles. The average molecular weight is 397 g/mol. The third-order valence-electron chi connectivity index (χ3n) is 6.88. The predicted octanol–water partition coefficient (Wildman–Crippen LogP) is 6.18. The normalized spacial score (nSPS) is 33.2. The van der Waals surface area contributed by atoms with Gasteiger partial charge in [-0.1, -0.05) is 54.4 Å². The smallest absolute Gasteiger partial charge is 0.303 e. The van der Waals surface area contributed by atoms with E-state index in [0.29, 0.717) is 47.8 Å². The van der Waals surface area contributed by atoms with Crippen LogP contribution in [0, 0.1) is 41.4 Å². The molecule has 0 bridgehead atoms. The van der Waals surface area contributed by atoms with Crippen LogP contribution in [0.2, 0.25) is 0 Å². The van der Waals surface area contributed by atoms with Crippen LogP contribution in [0.5, 0.6) is 0 Å². The monoisotopic (exact) mass is 396 g/mol. The van der Waals surface area contributed by atoms with Crippen molar-refractivity contribution in [3.05, 3.63) is 0 Å². The van der Waals surface area contributed by atoms with E-state index in [0.717, 1.165) is 12.8 Å². The minimum Gasteiger partial charge on any atom is -0.481 e. The molecule has 0 radical (unpaired) electrons. The molecule has 2 rings (SSSR count). The first kappa shape index (κ1) is 25.0. The van der Waals surface area contributed by atoms with Crippen molar-refractivity contribution in [1.29, 1.82) is 0 Å². The number of esters is 1. The fraction of sp³-hybridized carbons (Fsp3) is 0.917. The molecular formula is C24H44O4. The van der Waals surface area contributed by atoms with Crippen LogP contribution in [0.3, 0.4) is 0 Å². The molecule has 0 heterocycles. The van der Waals surface area contributed by atoms with E-state index in [1.807, 2.05) is 0 Å². The Hall–Kier alpha value is -1.06. The maximum atomic E-state index is 11.0. The van der Waals surface area contributed by atoms with Gasteiger partial charge in [-0.2, -0.15) is 0 Å². The average Bonchev–Trinajstić information content (AvgIpc) is 2.53. The summed E-state index contributed by atoms with van der Waals surface area (Å²) in [6.07, 6.45) is 7.66. The van der Waals surface area contributed by atoms with Gasteiger partial charge in [0, 0.05) is 13.3 Å². The molecule has 0 aromatic heterocycles. The number of rotatable bonds is 5. The summed E-state index contributed by atoms with van der Waals surface area (Å²) in [7, 11) is 0. The van der Waals surface area contributed by atoms with E-state index in [-0.39, 0.29) is 12.1 Å². The van der Waals surface area contributed by atoms with Crippen LogP contribution >= 0.6 is 0 Å². The van der Waals surface area contributed by atoms with Crippen molar-refractivity contribution >= 4 is 11.9 Å².